The Morgan fingerprint density at radius 1 is 1.16 bits per heavy atom. The summed E-state index contributed by atoms with van der Waals surface area (Å²) in [7, 11) is 1.40. The van der Waals surface area contributed by atoms with E-state index in [9.17, 15) is 34.2 Å². The molecule has 6 atom stereocenters. The Hall–Kier alpha value is -3.20. The molecule has 0 aliphatic heterocycles. The number of hydrogen-bond donors (Lipinski definition) is 2. The number of carbonyl (C=O) groups is 5. The maximum absolute atomic E-state index is 14.5. The van der Waals surface area contributed by atoms with Crippen LogP contribution < -0.4 is 0 Å². The molecule has 3 unspecified atom stereocenters. The summed E-state index contributed by atoms with van der Waals surface area (Å²) in [5.74, 6) is -9.00. The summed E-state index contributed by atoms with van der Waals surface area (Å²) in [6.07, 6.45) is 3.73. The topological polar surface area (TPSA) is 147 Å². The molecule has 0 spiro atoms. The fraction of sp³-hybridized carbons (Fsp3) is 0.647. The number of benzene rings is 1. The number of fused-ring (bicyclic) bond motifs is 3. The molecule has 43 heavy (non-hydrogen) atoms. The minimum Gasteiger partial charge on any atom is -0.507 e. The highest BCUT2D eigenvalue weighted by Crippen LogP contribution is 2.64. The summed E-state index contributed by atoms with van der Waals surface area (Å²) in [5, 5.41) is 27.6. The molecule has 1 aromatic carbocycles. The molecule has 2 saturated carbocycles. The van der Waals surface area contributed by atoms with Gasteiger partial charge in [-0.25, -0.2) is 0 Å². The average molecular weight is 596 g/mol. The van der Waals surface area contributed by atoms with Crippen LogP contribution in [0.15, 0.2) is 11.2 Å². The molecule has 0 radical (unpaired) electrons. The van der Waals surface area contributed by atoms with Gasteiger partial charge in [-0.1, -0.05) is 53.6 Å². The summed E-state index contributed by atoms with van der Waals surface area (Å²) in [5.41, 5.74) is -3.73. The molecule has 3 aliphatic rings. The van der Waals surface area contributed by atoms with Crippen LogP contribution in [0.4, 0.5) is 0 Å². The molecule has 9 heteroatoms. The second-order valence-electron chi connectivity index (χ2n) is 15.0. The van der Waals surface area contributed by atoms with Crippen molar-refractivity contribution in [3.05, 3.63) is 28.3 Å². The van der Waals surface area contributed by atoms with E-state index in [0.29, 0.717) is 23.1 Å². The van der Waals surface area contributed by atoms with Gasteiger partial charge in [-0.3, -0.25) is 24.0 Å². The van der Waals surface area contributed by atoms with Crippen molar-refractivity contribution in [3.8, 4) is 5.75 Å². The molecule has 0 saturated heterocycles. The molecule has 1 aromatic rings. The largest absolute Gasteiger partial charge is 0.507 e. The van der Waals surface area contributed by atoms with Crippen molar-refractivity contribution in [2.75, 3.05) is 7.11 Å². The highest BCUT2D eigenvalue weighted by molar-refractivity contribution is 6.32. The normalized spacial score (nSPS) is 32.6. The van der Waals surface area contributed by atoms with Gasteiger partial charge in [0.2, 0.25) is 0 Å². The zero-order chi connectivity index (χ0) is 32.4. The lowest BCUT2D eigenvalue weighted by Gasteiger charge is -2.61. The third kappa shape index (κ3) is 4.88. The standard InChI is InChI=1S/C34H45NO8/c1-17(2)24-27(38)22(18(3)36)29(40)34(42)30(41)25-28(39)23-21(14-32(25,7)16-33(24,34)8)20(15-35-43-9)13-19(26(23)37)11-10-12-31(4,5)6/h13,15,17,22,24-25,37,42H,10-12,14,16H2,1-9H3/t22?,24?,25?,32-,33-,34+/m1/s1. The first-order chi connectivity index (χ1) is 19.8. The van der Waals surface area contributed by atoms with Gasteiger partial charge in [0.05, 0.1) is 17.7 Å². The van der Waals surface area contributed by atoms with Gasteiger partial charge < -0.3 is 15.1 Å². The molecule has 0 aromatic heterocycles. The number of ketones is 5. The molecule has 0 heterocycles. The van der Waals surface area contributed by atoms with Crippen molar-refractivity contribution in [2.45, 2.75) is 93.1 Å². The van der Waals surface area contributed by atoms with Crippen molar-refractivity contribution in [1.82, 2.24) is 0 Å². The van der Waals surface area contributed by atoms with Crippen molar-refractivity contribution in [2.24, 2.45) is 45.1 Å². The smallest absolute Gasteiger partial charge is 0.190 e. The summed E-state index contributed by atoms with van der Waals surface area (Å²) >= 11 is 0. The minimum absolute atomic E-state index is 0.00199. The predicted molar refractivity (Wildman–Crippen MR) is 160 cm³/mol. The third-order valence-corrected chi connectivity index (χ3v) is 10.2. The van der Waals surface area contributed by atoms with Crippen LogP contribution in [0.3, 0.4) is 0 Å². The molecular weight excluding hydrogens is 550 g/mol. The number of aromatic hydroxyl groups is 1. The van der Waals surface area contributed by atoms with Crippen LogP contribution >= 0.6 is 0 Å². The summed E-state index contributed by atoms with van der Waals surface area (Å²) in [4.78, 5) is 73.9. The molecular formula is C34H45NO8. The molecule has 0 bridgehead atoms. The predicted octanol–water partition coefficient (Wildman–Crippen LogP) is 4.44. The number of phenolic OH excluding ortho intramolecular Hbond substituents is 1. The van der Waals surface area contributed by atoms with E-state index in [1.54, 1.807) is 33.8 Å². The Morgan fingerprint density at radius 2 is 1.79 bits per heavy atom. The van der Waals surface area contributed by atoms with Crippen LogP contribution in [-0.4, -0.2) is 58.1 Å². The van der Waals surface area contributed by atoms with E-state index in [2.05, 4.69) is 25.9 Å². The maximum Gasteiger partial charge on any atom is 0.190 e. The molecule has 234 valence electrons. The van der Waals surface area contributed by atoms with Gasteiger partial charge in [-0.2, -0.15) is 0 Å². The molecule has 9 nitrogen and oxygen atoms in total. The minimum atomic E-state index is -2.72. The van der Waals surface area contributed by atoms with E-state index in [1.165, 1.54) is 13.3 Å². The Bertz CT molecular complexity index is 1430. The van der Waals surface area contributed by atoms with Gasteiger partial charge in [-0.05, 0) is 73.0 Å². The van der Waals surface area contributed by atoms with Gasteiger partial charge in [0, 0.05) is 16.9 Å². The van der Waals surface area contributed by atoms with Crippen molar-refractivity contribution in [3.63, 3.8) is 0 Å². The van der Waals surface area contributed by atoms with Crippen LogP contribution in [0, 0.1) is 39.9 Å². The average Bonchev–Trinajstić information content (AvgIpc) is 2.85. The number of phenols is 1. The Labute approximate surface area is 253 Å². The Balaban J connectivity index is 1.93. The monoisotopic (exact) mass is 595 g/mol. The lowest BCUT2D eigenvalue weighted by molar-refractivity contribution is -0.205. The van der Waals surface area contributed by atoms with Gasteiger partial charge in [0.15, 0.2) is 28.7 Å². The van der Waals surface area contributed by atoms with Crippen LogP contribution in [0.1, 0.15) is 102 Å². The zero-order valence-electron chi connectivity index (χ0n) is 26.8. The van der Waals surface area contributed by atoms with Crippen molar-refractivity contribution >= 4 is 35.1 Å². The number of Topliss-reactive ketones (excluding diaryl/α,β-unsaturated/α-hetero) is 5. The second kappa shape index (κ2) is 10.8. The van der Waals surface area contributed by atoms with E-state index >= 15 is 0 Å². The Kier molecular flexibility index (Phi) is 8.18. The van der Waals surface area contributed by atoms with Gasteiger partial charge >= 0.3 is 0 Å². The molecule has 4 rings (SSSR count). The first kappa shape index (κ1) is 32.7. The number of carbonyl (C=O) groups excluding carboxylic acids is 5. The van der Waals surface area contributed by atoms with Crippen LogP contribution in [0.25, 0.3) is 0 Å². The van der Waals surface area contributed by atoms with Crippen LogP contribution in [0.2, 0.25) is 0 Å². The van der Waals surface area contributed by atoms with Gasteiger partial charge in [0.25, 0.3) is 0 Å². The van der Waals surface area contributed by atoms with E-state index in [1.807, 2.05) is 0 Å². The fourth-order valence-corrected chi connectivity index (χ4v) is 8.51. The van der Waals surface area contributed by atoms with Crippen molar-refractivity contribution in [1.29, 1.82) is 0 Å². The number of aliphatic hydroxyl groups is 1. The lowest BCUT2D eigenvalue weighted by Crippen LogP contribution is -2.76. The maximum atomic E-state index is 14.5. The van der Waals surface area contributed by atoms with Gasteiger partial charge in [-0.15, -0.1) is 0 Å². The number of rotatable bonds is 7. The summed E-state index contributed by atoms with van der Waals surface area (Å²) in [6, 6.07) is 1.79. The first-order valence-electron chi connectivity index (χ1n) is 15.1. The fourth-order valence-electron chi connectivity index (χ4n) is 8.51. The zero-order valence-corrected chi connectivity index (χ0v) is 26.8. The number of oxime groups is 1. The van der Waals surface area contributed by atoms with Crippen LogP contribution in [-0.2, 0) is 36.9 Å². The van der Waals surface area contributed by atoms with E-state index in [4.69, 9.17) is 4.84 Å². The van der Waals surface area contributed by atoms with Crippen LogP contribution in [0.5, 0.6) is 5.75 Å². The highest BCUT2D eigenvalue weighted by atomic mass is 16.6. The highest BCUT2D eigenvalue weighted by Gasteiger charge is 2.76. The third-order valence-electron chi connectivity index (χ3n) is 10.2. The first-order valence-corrected chi connectivity index (χ1v) is 15.1. The number of aryl methyl sites for hydroxylation is 1. The number of nitrogens with zero attached hydrogens (tertiary/aromatic N) is 1. The lowest BCUT2D eigenvalue weighted by atomic mass is 9.40. The molecule has 2 fully saturated rings. The van der Waals surface area contributed by atoms with Crippen molar-refractivity contribution < 1.29 is 39.0 Å². The van der Waals surface area contributed by atoms with E-state index in [0.717, 1.165) is 19.8 Å². The summed E-state index contributed by atoms with van der Waals surface area (Å²) in [6.45, 7) is 14.3. The molecule has 3 aliphatic carbocycles. The Morgan fingerprint density at radius 3 is 2.33 bits per heavy atom. The summed E-state index contributed by atoms with van der Waals surface area (Å²) < 4.78 is 0. The van der Waals surface area contributed by atoms with E-state index < -0.39 is 69.0 Å². The van der Waals surface area contributed by atoms with Gasteiger partial charge in [0.1, 0.15) is 24.6 Å². The second-order valence-corrected chi connectivity index (χ2v) is 15.0. The molecule has 2 N–H and O–H groups in total. The quantitative estimate of drug-likeness (QED) is 0.267. The number of hydrogen-bond acceptors (Lipinski definition) is 9. The SMILES string of the molecule is CON=Cc1cc(CCCC(C)(C)C)c(O)c2c1C[C@]1(C)C[C@]3(C)C(C(C)C)C(=O)C(C(C)=O)C(=O)[C@]3(O)C(=O)C1C2=O. The van der Waals surface area contributed by atoms with E-state index in [-0.39, 0.29) is 29.6 Å². The molecule has 0 amide bonds.